The molecule has 126 valence electrons. The van der Waals surface area contributed by atoms with Crippen LogP contribution >= 0.6 is 11.6 Å². The summed E-state index contributed by atoms with van der Waals surface area (Å²) in [5, 5.41) is 3.04. The Morgan fingerprint density at radius 1 is 1.21 bits per heavy atom. The minimum Gasteiger partial charge on any atom is -0.492 e. The predicted octanol–water partition coefficient (Wildman–Crippen LogP) is 3.12. The number of para-hydroxylation sites is 2. The van der Waals surface area contributed by atoms with E-state index in [1.807, 2.05) is 6.92 Å². The van der Waals surface area contributed by atoms with Gasteiger partial charge in [-0.1, -0.05) is 23.7 Å². The van der Waals surface area contributed by atoms with Gasteiger partial charge in [0.2, 0.25) is 0 Å². The topological polar surface area (TPSA) is 90.6 Å². The molecule has 0 fully saturated rings. The maximum absolute atomic E-state index is 12.0. The third-order valence-corrected chi connectivity index (χ3v) is 3.26. The summed E-state index contributed by atoms with van der Waals surface area (Å²) in [5.41, 5.74) is 6.55. The number of amides is 1. The minimum atomic E-state index is -0.697. The average Bonchev–Trinajstić information content (AvgIpc) is 2.55. The van der Waals surface area contributed by atoms with Crippen LogP contribution in [0.3, 0.4) is 0 Å². The van der Waals surface area contributed by atoms with Crippen molar-refractivity contribution in [3.05, 3.63) is 53.1 Å². The van der Waals surface area contributed by atoms with E-state index in [1.54, 1.807) is 24.3 Å². The molecule has 0 radical (unpaired) electrons. The van der Waals surface area contributed by atoms with E-state index >= 15 is 0 Å². The summed E-state index contributed by atoms with van der Waals surface area (Å²) in [6.07, 6.45) is 0. The van der Waals surface area contributed by atoms with Crippen LogP contribution in [-0.4, -0.2) is 25.1 Å². The van der Waals surface area contributed by atoms with Crippen molar-refractivity contribution >= 4 is 34.9 Å². The second-order valence-electron chi connectivity index (χ2n) is 4.79. The molecular formula is C17H17ClN2O4. The fourth-order valence-corrected chi connectivity index (χ4v) is 2.15. The Morgan fingerprint density at radius 2 is 1.96 bits per heavy atom. The SMILES string of the molecule is CCOc1ccccc1NC(=O)COC(=O)c1ccc(Cl)cc1N. The monoisotopic (exact) mass is 348 g/mol. The Hall–Kier alpha value is -2.73. The molecule has 0 bridgehead atoms. The first kappa shape index (κ1) is 17.6. The van der Waals surface area contributed by atoms with E-state index in [1.165, 1.54) is 18.2 Å². The van der Waals surface area contributed by atoms with Crippen molar-refractivity contribution in [2.45, 2.75) is 6.92 Å². The number of nitrogens with one attached hydrogen (secondary N) is 1. The molecule has 0 aliphatic rings. The second-order valence-corrected chi connectivity index (χ2v) is 5.22. The summed E-state index contributed by atoms with van der Waals surface area (Å²) < 4.78 is 10.4. The van der Waals surface area contributed by atoms with Crippen molar-refractivity contribution in [3.63, 3.8) is 0 Å². The molecule has 7 heteroatoms. The number of nitrogens with two attached hydrogens (primary N) is 1. The van der Waals surface area contributed by atoms with Gasteiger partial charge in [-0.15, -0.1) is 0 Å². The zero-order valence-electron chi connectivity index (χ0n) is 13.0. The second kappa shape index (κ2) is 8.21. The van der Waals surface area contributed by atoms with Crippen LogP contribution in [0.2, 0.25) is 5.02 Å². The molecule has 1 amide bonds. The molecule has 0 aliphatic heterocycles. The predicted molar refractivity (Wildman–Crippen MR) is 92.4 cm³/mol. The summed E-state index contributed by atoms with van der Waals surface area (Å²) in [7, 11) is 0. The number of rotatable bonds is 6. The lowest BCUT2D eigenvalue weighted by atomic mass is 10.2. The van der Waals surface area contributed by atoms with E-state index in [0.29, 0.717) is 23.1 Å². The van der Waals surface area contributed by atoms with Gasteiger partial charge < -0.3 is 20.5 Å². The Bertz CT molecular complexity index is 749. The minimum absolute atomic E-state index is 0.155. The van der Waals surface area contributed by atoms with Gasteiger partial charge in [-0.2, -0.15) is 0 Å². The van der Waals surface area contributed by atoms with Crippen LogP contribution < -0.4 is 15.8 Å². The fourth-order valence-electron chi connectivity index (χ4n) is 1.97. The third kappa shape index (κ3) is 4.63. The van der Waals surface area contributed by atoms with Gasteiger partial charge in [0.25, 0.3) is 5.91 Å². The van der Waals surface area contributed by atoms with E-state index in [-0.39, 0.29) is 11.3 Å². The van der Waals surface area contributed by atoms with Crippen molar-refractivity contribution < 1.29 is 19.1 Å². The first-order chi connectivity index (χ1) is 11.5. The molecule has 0 aliphatic carbocycles. The van der Waals surface area contributed by atoms with E-state index < -0.39 is 18.5 Å². The highest BCUT2D eigenvalue weighted by Gasteiger charge is 2.14. The Morgan fingerprint density at radius 3 is 2.67 bits per heavy atom. The summed E-state index contributed by atoms with van der Waals surface area (Å²) in [6, 6.07) is 11.4. The van der Waals surface area contributed by atoms with Crippen LogP contribution in [0.25, 0.3) is 0 Å². The highest BCUT2D eigenvalue weighted by molar-refractivity contribution is 6.31. The summed E-state index contributed by atoms with van der Waals surface area (Å²) in [5.74, 6) is -0.637. The zero-order chi connectivity index (χ0) is 17.5. The molecule has 0 spiro atoms. The lowest BCUT2D eigenvalue weighted by Crippen LogP contribution is -2.21. The van der Waals surface area contributed by atoms with Gasteiger partial charge >= 0.3 is 5.97 Å². The number of anilines is 2. The zero-order valence-corrected chi connectivity index (χ0v) is 13.8. The maximum Gasteiger partial charge on any atom is 0.340 e. The molecule has 0 saturated heterocycles. The third-order valence-electron chi connectivity index (χ3n) is 3.03. The highest BCUT2D eigenvalue weighted by atomic mass is 35.5. The lowest BCUT2D eigenvalue weighted by molar-refractivity contribution is -0.119. The van der Waals surface area contributed by atoms with Gasteiger partial charge in [0.15, 0.2) is 6.61 Å². The molecular weight excluding hydrogens is 332 g/mol. The van der Waals surface area contributed by atoms with Gasteiger partial charge in [-0.3, -0.25) is 4.79 Å². The van der Waals surface area contributed by atoms with E-state index in [9.17, 15) is 9.59 Å². The van der Waals surface area contributed by atoms with Crippen molar-refractivity contribution in [2.24, 2.45) is 0 Å². The van der Waals surface area contributed by atoms with Crippen LogP contribution in [0.4, 0.5) is 11.4 Å². The number of carbonyl (C=O) groups is 2. The van der Waals surface area contributed by atoms with Gasteiger partial charge in [0.05, 0.1) is 17.9 Å². The summed E-state index contributed by atoms with van der Waals surface area (Å²) >= 11 is 5.77. The molecule has 0 unspecified atom stereocenters. The van der Waals surface area contributed by atoms with Crippen molar-refractivity contribution in [1.82, 2.24) is 0 Å². The Balaban J connectivity index is 1.95. The van der Waals surface area contributed by atoms with Crippen LogP contribution in [0, 0.1) is 0 Å². The normalized spacial score (nSPS) is 10.1. The molecule has 3 N–H and O–H groups in total. The standard InChI is InChI=1S/C17H17ClN2O4/c1-2-23-15-6-4-3-5-14(15)20-16(21)10-24-17(22)12-8-7-11(18)9-13(12)19/h3-9H,2,10,19H2,1H3,(H,20,21). The maximum atomic E-state index is 12.0. The number of hydrogen-bond donors (Lipinski definition) is 2. The van der Waals surface area contributed by atoms with E-state index in [0.717, 1.165) is 0 Å². The van der Waals surface area contributed by atoms with Crippen LogP contribution in [0.1, 0.15) is 17.3 Å². The molecule has 2 aromatic rings. The quantitative estimate of drug-likeness (QED) is 0.618. The van der Waals surface area contributed by atoms with E-state index in [2.05, 4.69) is 5.32 Å². The van der Waals surface area contributed by atoms with Gasteiger partial charge in [-0.25, -0.2) is 4.79 Å². The van der Waals surface area contributed by atoms with E-state index in [4.69, 9.17) is 26.8 Å². The van der Waals surface area contributed by atoms with Crippen LogP contribution in [0.15, 0.2) is 42.5 Å². The molecule has 0 heterocycles. The largest absolute Gasteiger partial charge is 0.492 e. The number of nitrogen functional groups attached to an aromatic ring is 1. The van der Waals surface area contributed by atoms with Crippen LogP contribution in [-0.2, 0) is 9.53 Å². The number of ether oxygens (including phenoxy) is 2. The first-order valence-electron chi connectivity index (χ1n) is 7.25. The number of esters is 1. The molecule has 2 aromatic carbocycles. The molecule has 2 rings (SSSR count). The fraction of sp³-hybridized carbons (Fsp3) is 0.176. The van der Waals surface area contributed by atoms with Gasteiger partial charge in [0, 0.05) is 10.7 Å². The van der Waals surface area contributed by atoms with Gasteiger partial charge in [-0.05, 0) is 37.3 Å². The van der Waals surface area contributed by atoms with Crippen LogP contribution in [0.5, 0.6) is 5.75 Å². The molecule has 6 nitrogen and oxygen atoms in total. The Kier molecular flexibility index (Phi) is 6.03. The first-order valence-corrected chi connectivity index (χ1v) is 7.63. The lowest BCUT2D eigenvalue weighted by Gasteiger charge is -2.11. The Labute approximate surface area is 144 Å². The number of benzene rings is 2. The smallest absolute Gasteiger partial charge is 0.340 e. The number of hydrogen-bond acceptors (Lipinski definition) is 5. The van der Waals surface area contributed by atoms with Crippen molar-refractivity contribution in [2.75, 3.05) is 24.3 Å². The molecule has 24 heavy (non-hydrogen) atoms. The number of carbonyl (C=O) groups excluding carboxylic acids is 2. The molecule has 0 atom stereocenters. The molecule has 0 aromatic heterocycles. The summed E-state index contributed by atoms with van der Waals surface area (Å²) in [4.78, 5) is 23.9. The van der Waals surface area contributed by atoms with Crippen molar-refractivity contribution in [1.29, 1.82) is 0 Å². The number of halogens is 1. The van der Waals surface area contributed by atoms with Gasteiger partial charge in [0.1, 0.15) is 5.75 Å². The van der Waals surface area contributed by atoms with Crippen molar-refractivity contribution in [3.8, 4) is 5.75 Å². The molecule has 0 saturated carbocycles. The highest BCUT2D eigenvalue weighted by Crippen LogP contribution is 2.23. The average molecular weight is 349 g/mol. The summed E-state index contributed by atoms with van der Waals surface area (Å²) in [6.45, 7) is 1.87.